The molecule has 0 amide bonds. The van der Waals surface area contributed by atoms with Crippen LogP contribution in [-0.4, -0.2) is 4.57 Å². The zero-order valence-electron chi connectivity index (χ0n) is 41.8. The van der Waals surface area contributed by atoms with E-state index in [1.807, 2.05) is 0 Å². The molecule has 1 aromatic heterocycles. The number of hydrogen-bond donors (Lipinski definition) is 0. The molecule has 0 saturated heterocycles. The van der Waals surface area contributed by atoms with Gasteiger partial charge in [0.05, 0.1) is 27.6 Å². The first-order chi connectivity index (χ1) is 37.7. The fourth-order valence-electron chi connectivity index (χ4n) is 13.4. The molecular formula is C74H50N2. The van der Waals surface area contributed by atoms with Gasteiger partial charge in [0, 0.05) is 27.8 Å². The zero-order valence-corrected chi connectivity index (χ0v) is 41.8. The summed E-state index contributed by atoms with van der Waals surface area (Å²) in [6.45, 7) is 0. The third-order valence-corrected chi connectivity index (χ3v) is 16.5. The van der Waals surface area contributed by atoms with Crippen molar-refractivity contribution in [3.8, 4) is 39.1 Å². The highest BCUT2D eigenvalue weighted by Gasteiger charge is 2.47. The molecule has 0 bridgehead atoms. The van der Waals surface area contributed by atoms with Crippen LogP contribution in [0.1, 0.15) is 44.5 Å². The van der Waals surface area contributed by atoms with E-state index < -0.39 is 10.8 Å². The predicted molar refractivity (Wildman–Crippen MR) is 316 cm³/mol. The van der Waals surface area contributed by atoms with E-state index in [1.165, 1.54) is 99.8 Å². The largest absolute Gasteiger partial charge is 0.310 e. The summed E-state index contributed by atoms with van der Waals surface area (Å²) in [6.07, 6.45) is 0. The van der Waals surface area contributed by atoms with Crippen LogP contribution in [0.2, 0.25) is 0 Å². The van der Waals surface area contributed by atoms with Crippen molar-refractivity contribution in [2.24, 2.45) is 0 Å². The zero-order chi connectivity index (χ0) is 50.2. The van der Waals surface area contributed by atoms with Gasteiger partial charge in [-0.3, -0.25) is 0 Å². The molecule has 12 aromatic carbocycles. The average molecular weight is 967 g/mol. The Labute approximate surface area is 443 Å². The SMILES string of the molecule is c1ccc(-c2ccc(N(c3ccc(-c4cc5c6c(c4)c4ccccc4n6-c4ccccc4C5(c4ccccc4)c4ccccc4)cc3)c3ccc4c(c3)C(c3ccccc3)(c3ccccc3)c3ccccc3-4)cc2)cc1. The molecule has 1 aliphatic heterocycles. The Morgan fingerprint density at radius 3 is 1.29 bits per heavy atom. The Morgan fingerprint density at radius 2 is 0.697 bits per heavy atom. The summed E-state index contributed by atoms with van der Waals surface area (Å²) in [4.78, 5) is 2.44. The Balaban J connectivity index is 0.941. The van der Waals surface area contributed by atoms with E-state index in [9.17, 15) is 0 Å². The quantitative estimate of drug-likeness (QED) is 0.140. The van der Waals surface area contributed by atoms with E-state index in [0.29, 0.717) is 0 Å². The Kier molecular flexibility index (Phi) is 10.0. The van der Waals surface area contributed by atoms with E-state index in [-0.39, 0.29) is 0 Å². The smallest absolute Gasteiger partial charge is 0.0742 e. The maximum absolute atomic E-state index is 2.52. The van der Waals surface area contributed by atoms with Crippen LogP contribution in [0.3, 0.4) is 0 Å². The Bertz CT molecular complexity index is 4220. The van der Waals surface area contributed by atoms with Crippen LogP contribution >= 0.6 is 0 Å². The molecule has 0 fully saturated rings. The van der Waals surface area contributed by atoms with Crippen molar-refractivity contribution in [1.29, 1.82) is 0 Å². The van der Waals surface area contributed by atoms with Gasteiger partial charge in [-0.05, 0) is 139 Å². The second-order valence-corrected chi connectivity index (χ2v) is 20.3. The second kappa shape index (κ2) is 17.4. The molecule has 356 valence electrons. The molecule has 2 nitrogen and oxygen atoms in total. The van der Waals surface area contributed by atoms with E-state index in [1.54, 1.807) is 0 Å². The van der Waals surface area contributed by atoms with E-state index in [2.05, 4.69) is 313 Å². The summed E-state index contributed by atoms with van der Waals surface area (Å²) in [5.41, 5.74) is 23.1. The maximum Gasteiger partial charge on any atom is 0.0742 e. The van der Waals surface area contributed by atoms with Crippen LogP contribution in [0.4, 0.5) is 17.1 Å². The van der Waals surface area contributed by atoms with Crippen LogP contribution in [0, 0.1) is 0 Å². The molecule has 2 heteroatoms. The number of nitrogens with zero attached hydrogens (tertiary/aromatic N) is 2. The first kappa shape index (κ1) is 43.8. The minimum Gasteiger partial charge on any atom is -0.310 e. The fraction of sp³-hybridized carbons (Fsp3) is 0.0270. The molecule has 0 unspecified atom stereocenters. The highest BCUT2D eigenvalue weighted by atomic mass is 15.1. The first-order valence-corrected chi connectivity index (χ1v) is 26.4. The van der Waals surface area contributed by atoms with Gasteiger partial charge >= 0.3 is 0 Å². The summed E-state index contributed by atoms with van der Waals surface area (Å²) >= 11 is 0. The summed E-state index contributed by atoms with van der Waals surface area (Å²) in [7, 11) is 0. The molecule has 15 rings (SSSR count). The van der Waals surface area contributed by atoms with Crippen molar-refractivity contribution >= 4 is 38.9 Å². The van der Waals surface area contributed by atoms with Crippen molar-refractivity contribution in [2.75, 3.05) is 4.90 Å². The number of benzene rings is 12. The van der Waals surface area contributed by atoms with Gasteiger partial charge in [0.1, 0.15) is 0 Å². The van der Waals surface area contributed by atoms with Crippen molar-refractivity contribution in [1.82, 2.24) is 4.57 Å². The van der Waals surface area contributed by atoms with Crippen LogP contribution in [0.5, 0.6) is 0 Å². The third kappa shape index (κ3) is 6.41. The summed E-state index contributed by atoms with van der Waals surface area (Å²) < 4.78 is 2.52. The lowest BCUT2D eigenvalue weighted by Crippen LogP contribution is -2.35. The standard InChI is InChI=1S/C74H50N2/c1-6-22-51(23-7-1)52-38-42-59(43-39-52)75(61-46-47-63-62-32-16-18-34-66(62)73(68(63)50-61,55-24-8-2-9-25-55)56-26-10-3-11-27-56)60-44-40-53(41-45-60)54-48-65-64-33-17-20-36-70(64)76-71-37-21-19-35-67(71)74(69(49-54)72(65)76,57-28-12-4-13-29-57)58-30-14-5-15-31-58/h1-50H. The van der Waals surface area contributed by atoms with Crippen molar-refractivity contribution in [2.45, 2.75) is 10.8 Å². The molecule has 0 radical (unpaired) electrons. The summed E-state index contributed by atoms with van der Waals surface area (Å²) in [6, 6.07) is 113. The van der Waals surface area contributed by atoms with Gasteiger partial charge in [-0.2, -0.15) is 0 Å². The summed E-state index contributed by atoms with van der Waals surface area (Å²) in [5, 5.41) is 2.49. The van der Waals surface area contributed by atoms with E-state index in [4.69, 9.17) is 0 Å². The maximum atomic E-state index is 2.52. The normalized spacial score (nSPS) is 13.5. The first-order valence-electron chi connectivity index (χ1n) is 26.4. The predicted octanol–water partition coefficient (Wildman–Crippen LogP) is 18.6. The molecule has 2 heterocycles. The molecular weight excluding hydrogens is 917 g/mol. The molecule has 2 aliphatic rings. The molecule has 13 aromatic rings. The fourth-order valence-corrected chi connectivity index (χ4v) is 13.4. The van der Waals surface area contributed by atoms with Crippen LogP contribution in [0.25, 0.3) is 60.9 Å². The van der Waals surface area contributed by atoms with Gasteiger partial charge in [-0.15, -0.1) is 0 Å². The van der Waals surface area contributed by atoms with Crippen molar-refractivity contribution < 1.29 is 0 Å². The van der Waals surface area contributed by atoms with Crippen LogP contribution in [-0.2, 0) is 10.8 Å². The number of fused-ring (bicyclic) bond motifs is 8. The molecule has 76 heavy (non-hydrogen) atoms. The van der Waals surface area contributed by atoms with Crippen molar-refractivity contribution in [3.05, 3.63) is 348 Å². The second-order valence-electron chi connectivity index (χ2n) is 20.3. The van der Waals surface area contributed by atoms with Gasteiger partial charge in [0.2, 0.25) is 0 Å². The van der Waals surface area contributed by atoms with Gasteiger partial charge in [-0.25, -0.2) is 0 Å². The summed E-state index contributed by atoms with van der Waals surface area (Å²) in [5.74, 6) is 0. The lowest BCUT2D eigenvalue weighted by molar-refractivity contribution is 0.728. The molecule has 1 aliphatic carbocycles. The van der Waals surface area contributed by atoms with Gasteiger partial charge in [0.15, 0.2) is 0 Å². The number of hydrogen-bond acceptors (Lipinski definition) is 1. The number of para-hydroxylation sites is 2. The van der Waals surface area contributed by atoms with Crippen LogP contribution in [0.15, 0.2) is 303 Å². The minimum absolute atomic E-state index is 0.533. The third-order valence-electron chi connectivity index (χ3n) is 16.5. The lowest BCUT2D eigenvalue weighted by atomic mass is 9.63. The van der Waals surface area contributed by atoms with E-state index in [0.717, 1.165) is 22.6 Å². The topological polar surface area (TPSA) is 8.17 Å². The number of rotatable bonds is 9. The molecule has 0 spiro atoms. The molecule has 0 saturated carbocycles. The Morgan fingerprint density at radius 1 is 0.263 bits per heavy atom. The van der Waals surface area contributed by atoms with E-state index >= 15 is 0 Å². The Hall–Kier alpha value is -9.76. The molecule has 0 N–H and O–H groups in total. The van der Waals surface area contributed by atoms with Crippen molar-refractivity contribution in [3.63, 3.8) is 0 Å². The lowest BCUT2D eigenvalue weighted by Gasteiger charge is -2.42. The minimum atomic E-state index is -0.595. The van der Waals surface area contributed by atoms with Gasteiger partial charge in [-0.1, -0.05) is 243 Å². The number of aromatic nitrogens is 1. The highest BCUT2D eigenvalue weighted by Crippen LogP contribution is 2.58. The average Bonchev–Trinajstić information content (AvgIpc) is 4.21. The monoisotopic (exact) mass is 966 g/mol. The van der Waals surface area contributed by atoms with Gasteiger partial charge in [0.25, 0.3) is 0 Å². The van der Waals surface area contributed by atoms with Crippen LogP contribution < -0.4 is 4.90 Å². The highest BCUT2D eigenvalue weighted by molar-refractivity contribution is 6.13. The van der Waals surface area contributed by atoms with Gasteiger partial charge < -0.3 is 9.47 Å². The number of anilines is 3. The molecule has 0 atom stereocenters.